The number of esters is 1. The highest BCUT2D eigenvalue weighted by atomic mass is 16.5. The number of nitrogens with zero attached hydrogens (tertiary/aromatic N) is 1. The van der Waals surface area contributed by atoms with E-state index < -0.39 is 0 Å². The second kappa shape index (κ2) is 11.8. The highest BCUT2D eigenvalue weighted by Gasteiger charge is 2.18. The summed E-state index contributed by atoms with van der Waals surface area (Å²) >= 11 is 0. The first-order valence-electron chi connectivity index (χ1n) is 10.5. The van der Waals surface area contributed by atoms with E-state index in [4.69, 9.17) is 9.47 Å². The van der Waals surface area contributed by atoms with Gasteiger partial charge in [-0.05, 0) is 67.5 Å². The molecule has 0 saturated carbocycles. The van der Waals surface area contributed by atoms with Gasteiger partial charge in [0.05, 0.1) is 18.7 Å². The van der Waals surface area contributed by atoms with Crippen molar-refractivity contribution < 1.29 is 14.3 Å². The third-order valence-corrected chi connectivity index (χ3v) is 5.21. The van der Waals surface area contributed by atoms with E-state index in [1.807, 2.05) is 36.4 Å². The molecule has 4 heteroatoms. The van der Waals surface area contributed by atoms with E-state index in [9.17, 15) is 4.79 Å². The molecule has 1 aromatic heterocycles. The Morgan fingerprint density at radius 2 is 1.60 bits per heavy atom. The first-order chi connectivity index (χ1) is 14.7. The number of hydrogen-bond acceptors (Lipinski definition) is 4. The van der Waals surface area contributed by atoms with Gasteiger partial charge < -0.3 is 9.47 Å². The number of aryl methyl sites for hydroxylation is 2. The molecule has 0 amide bonds. The monoisotopic (exact) mass is 403 g/mol. The van der Waals surface area contributed by atoms with Crippen molar-refractivity contribution in [1.29, 1.82) is 0 Å². The number of methoxy groups -OCH3 is 1. The van der Waals surface area contributed by atoms with Crippen molar-refractivity contribution in [3.63, 3.8) is 0 Å². The highest BCUT2D eigenvalue weighted by Crippen LogP contribution is 2.20. The average molecular weight is 404 g/mol. The molecule has 0 bridgehead atoms. The maximum Gasteiger partial charge on any atom is 0.308 e. The van der Waals surface area contributed by atoms with E-state index in [1.165, 1.54) is 18.2 Å². The third kappa shape index (κ3) is 7.03. The van der Waals surface area contributed by atoms with Crippen LogP contribution in [0.3, 0.4) is 0 Å². The molecule has 0 spiro atoms. The summed E-state index contributed by atoms with van der Waals surface area (Å²) in [6, 6.07) is 24.2. The van der Waals surface area contributed by atoms with Crippen molar-refractivity contribution in [2.75, 3.05) is 7.11 Å². The number of ether oxygens (including phenoxy) is 2. The van der Waals surface area contributed by atoms with Gasteiger partial charge in [0, 0.05) is 6.20 Å². The number of hydrogen-bond donors (Lipinski definition) is 0. The molecule has 0 aliphatic heterocycles. The quantitative estimate of drug-likeness (QED) is 0.402. The predicted molar refractivity (Wildman–Crippen MR) is 118 cm³/mol. The van der Waals surface area contributed by atoms with E-state index in [2.05, 4.69) is 41.4 Å². The SMILES string of the molecule is COC(=O)C(CCCc1ccccc1)CCc1ccc(OCc2ccccn2)cc1. The lowest BCUT2D eigenvalue weighted by Gasteiger charge is -2.15. The molecule has 2 aromatic carbocycles. The van der Waals surface area contributed by atoms with Crippen LogP contribution in [0.1, 0.15) is 36.1 Å². The molecule has 0 aliphatic carbocycles. The first kappa shape index (κ1) is 21.6. The number of carbonyl (C=O) groups is 1. The summed E-state index contributed by atoms with van der Waals surface area (Å²) in [6.45, 7) is 0.450. The standard InChI is InChI=1S/C26H29NO3/c1-29-26(28)23(11-7-10-21-8-3-2-4-9-21)16-13-22-14-17-25(18-15-22)30-20-24-12-5-6-19-27-24/h2-6,8-9,12,14-15,17-19,23H,7,10-11,13,16,20H2,1H3. The summed E-state index contributed by atoms with van der Waals surface area (Å²) in [6.07, 6.45) is 6.19. The van der Waals surface area contributed by atoms with Crippen molar-refractivity contribution in [1.82, 2.24) is 4.98 Å². The highest BCUT2D eigenvalue weighted by molar-refractivity contribution is 5.72. The lowest BCUT2D eigenvalue weighted by atomic mass is 9.93. The fraction of sp³-hybridized carbons (Fsp3) is 0.308. The minimum Gasteiger partial charge on any atom is -0.487 e. The van der Waals surface area contributed by atoms with Crippen molar-refractivity contribution in [3.8, 4) is 5.75 Å². The van der Waals surface area contributed by atoms with Gasteiger partial charge in [0.1, 0.15) is 12.4 Å². The Labute approximate surface area is 178 Å². The van der Waals surface area contributed by atoms with E-state index in [0.29, 0.717) is 6.61 Å². The minimum absolute atomic E-state index is 0.0706. The van der Waals surface area contributed by atoms with Gasteiger partial charge >= 0.3 is 5.97 Å². The fourth-order valence-corrected chi connectivity index (χ4v) is 3.48. The van der Waals surface area contributed by atoms with Gasteiger partial charge in [-0.2, -0.15) is 0 Å². The molecule has 1 atom stereocenters. The molecular formula is C26H29NO3. The van der Waals surface area contributed by atoms with Crippen LogP contribution in [0.5, 0.6) is 5.75 Å². The summed E-state index contributed by atoms with van der Waals surface area (Å²) in [5.74, 6) is 0.633. The molecule has 0 fully saturated rings. The van der Waals surface area contributed by atoms with Gasteiger partial charge in [0.25, 0.3) is 0 Å². The summed E-state index contributed by atoms with van der Waals surface area (Å²) in [5, 5.41) is 0. The van der Waals surface area contributed by atoms with Crippen LogP contribution in [0.15, 0.2) is 79.0 Å². The molecule has 1 heterocycles. The average Bonchev–Trinajstić information content (AvgIpc) is 2.81. The maximum atomic E-state index is 12.2. The van der Waals surface area contributed by atoms with Crippen LogP contribution in [0.4, 0.5) is 0 Å². The zero-order chi connectivity index (χ0) is 21.0. The van der Waals surface area contributed by atoms with Gasteiger partial charge in [-0.3, -0.25) is 9.78 Å². The Kier molecular flexibility index (Phi) is 8.46. The normalized spacial score (nSPS) is 11.6. The summed E-state index contributed by atoms with van der Waals surface area (Å²) in [5.41, 5.74) is 3.40. The zero-order valence-electron chi connectivity index (χ0n) is 17.5. The molecule has 3 rings (SSSR count). The lowest BCUT2D eigenvalue weighted by molar-refractivity contribution is -0.145. The van der Waals surface area contributed by atoms with Crippen molar-refractivity contribution in [3.05, 3.63) is 95.8 Å². The summed E-state index contributed by atoms with van der Waals surface area (Å²) < 4.78 is 10.8. The Morgan fingerprint density at radius 3 is 2.30 bits per heavy atom. The lowest BCUT2D eigenvalue weighted by Crippen LogP contribution is -2.17. The van der Waals surface area contributed by atoms with Gasteiger partial charge in [-0.15, -0.1) is 0 Å². The van der Waals surface area contributed by atoms with Gasteiger partial charge in [0.15, 0.2) is 0 Å². The van der Waals surface area contributed by atoms with Gasteiger partial charge in [0.2, 0.25) is 0 Å². The molecule has 156 valence electrons. The number of pyridine rings is 1. The largest absolute Gasteiger partial charge is 0.487 e. The summed E-state index contributed by atoms with van der Waals surface area (Å²) in [4.78, 5) is 16.5. The first-order valence-corrected chi connectivity index (χ1v) is 10.5. The van der Waals surface area contributed by atoms with E-state index >= 15 is 0 Å². The second-order valence-corrected chi connectivity index (χ2v) is 7.39. The second-order valence-electron chi connectivity index (χ2n) is 7.39. The van der Waals surface area contributed by atoms with Crippen LogP contribution >= 0.6 is 0 Å². The zero-order valence-corrected chi connectivity index (χ0v) is 17.5. The molecule has 30 heavy (non-hydrogen) atoms. The Hall–Kier alpha value is -3.14. The topological polar surface area (TPSA) is 48.4 Å². The van der Waals surface area contributed by atoms with Crippen LogP contribution < -0.4 is 4.74 Å². The van der Waals surface area contributed by atoms with Crippen LogP contribution in [0.25, 0.3) is 0 Å². The van der Waals surface area contributed by atoms with Crippen molar-refractivity contribution in [2.24, 2.45) is 5.92 Å². The smallest absolute Gasteiger partial charge is 0.308 e. The third-order valence-electron chi connectivity index (χ3n) is 5.21. The molecule has 4 nitrogen and oxygen atoms in total. The van der Waals surface area contributed by atoms with Gasteiger partial charge in [-0.1, -0.05) is 48.5 Å². The van der Waals surface area contributed by atoms with E-state index in [1.54, 1.807) is 6.20 Å². The predicted octanol–water partition coefficient (Wildman–Crippen LogP) is 5.41. The molecule has 3 aromatic rings. The molecule has 0 aliphatic rings. The summed E-state index contributed by atoms with van der Waals surface area (Å²) in [7, 11) is 1.47. The Bertz CT molecular complexity index is 879. The Balaban J connectivity index is 1.46. The molecule has 0 saturated heterocycles. The maximum absolute atomic E-state index is 12.2. The number of benzene rings is 2. The van der Waals surface area contributed by atoms with Crippen molar-refractivity contribution >= 4 is 5.97 Å². The van der Waals surface area contributed by atoms with Crippen molar-refractivity contribution in [2.45, 2.75) is 38.7 Å². The molecular weight excluding hydrogens is 374 g/mol. The van der Waals surface area contributed by atoms with Gasteiger partial charge in [-0.25, -0.2) is 0 Å². The van der Waals surface area contributed by atoms with Crippen LogP contribution in [-0.2, 0) is 29.0 Å². The number of rotatable bonds is 11. The number of aromatic nitrogens is 1. The fourth-order valence-electron chi connectivity index (χ4n) is 3.48. The van der Waals surface area contributed by atoms with Crippen LogP contribution in [0.2, 0.25) is 0 Å². The van der Waals surface area contributed by atoms with Crippen LogP contribution in [-0.4, -0.2) is 18.1 Å². The molecule has 1 unspecified atom stereocenters. The van der Waals surface area contributed by atoms with E-state index in [-0.39, 0.29) is 11.9 Å². The van der Waals surface area contributed by atoms with Crippen LogP contribution in [0, 0.1) is 5.92 Å². The Morgan fingerprint density at radius 1 is 0.867 bits per heavy atom. The minimum atomic E-state index is -0.113. The molecule has 0 N–H and O–H groups in total. The number of carbonyl (C=O) groups excluding carboxylic acids is 1. The molecule has 0 radical (unpaired) electrons. The van der Waals surface area contributed by atoms with E-state index in [0.717, 1.165) is 43.5 Å².